The number of hydrogen-bond acceptors (Lipinski definition) is 3. The molecule has 0 rings (SSSR count). The molecule has 0 amide bonds. The van der Waals surface area contributed by atoms with Crippen molar-refractivity contribution < 1.29 is 15.0 Å². The van der Waals surface area contributed by atoms with Crippen LogP contribution in [0.3, 0.4) is 0 Å². The second-order valence-electron chi connectivity index (χ2n) is 2.92. The van der Waals surface area contributed by atoms with E-state index in [9.17, 15) is 4.79 Å². The highest BCUT2D eigenvalue weighted by molar-refractivity contribution is 5.79. The average molecular weight is 187 g/mol. The van der Waals surface area contributed by atoms with Gasteiger partial charge in [0.05, 0.1) is 0 Å². The molecule has 1 atom stereocenters. The van der Waals surface area contributed by atoms with Gasteiger partial charge in [0, 0.05) is 25.3 Å². The largest absolute Gasteiger partial charge is 0.478 e. The molecule has 4 heteroatoms. The van der Waals surface area contributed by atoms with Gasteiger partial charge in [0.15, 0.2) is 0 Å². The predicted octanol–water partition coefficient (Wildman–Crippen LogP) is 0.378. The Balaban J connectivity index is 3.36. The smallest absolute Gasteiger partial charge is 0.328 e. The van der Waals surface area contributed by atoms with Crippen molar-refractivity contribution in [2.24, 2.45) is 0 Å². The zero-order valence-corrected chi connectivity index (χ0v) is 7.86. The molecule has 76 valence electrons. The van der Waals surface area contributed by atoms with E-state index < -0.39 is 5.97 Å². The molecule has 4 nitrogen and oxygen atoms in total. The van der Waals surface area contributed by atoms with Crippen molar-refractivity contribution in [3.63, 3.8) is 0 Å². The lowest BCUT2D eigenvalue weighted by molar-refractivity contribution is -0.131. The Hall–Kier alpha value is -0.870. The van der Waals surface area contributed by atoms with Crippen LogP contribution in [0.4, 0.5) is 0 Å². The quantitative estimate of drug-likeness (QED) is 0.504. The van der Waals surface area contributed by atoms with E-state index in [0.717, 1.165) is 18.9 Å². The van der Waals surface area contributed by atoms with Gasteiger partial charge in [-0.3, -0.25) is 0 Å². The van der Waals surface area contributed by atoms with Crippen molar-refractivity contribution >= 4 is 5.97 Å². The highest BCUT2D eigenvalue weighted by Gasteiger charge is 1.97. The number of aliphatic hydroxyl groups is 1. The van der Waals surface area contributed by atoms with Crippen molar-refractivity contribution in [3.8, 4) is 0 Å². The van der Waals surface area contributed by atoms with E-state index in [0.29, 0.717) is 12.6 Å². The summed E-state index contributed by atoms with van der Waals surface area (Å²) in [4.78, 5) is 10.1. The fourth-order valence-electron chi connectivity index (χ4n) is 0.929. The third-order valence-electron chi connectivity index (χ3n) is 1.64. The highest BCUT2D eigenvalue weighted by atomic mass is 16.4. The summed E-state index contributed by atoms with van der Waals surface area (Å²) in [7, 11) is 0. The molecule has 0 saturated carbocycles. The first kappa shape index (κ1) is 12.1. The zero-order chi connectivity index (χ0) is 10.1. The summed E-state index contributed by atoms with van der Waals surface area (Å²) < 4.78 is 0. The number of rotatable bonds is 7. The maximum Gasteiger partial charge on any atom is 0.328 e. The van der Waals surface area contributed by atoms with Crippen molar-refractivity contribution in [1.82, 2.24) is 5.32 Å². The molecule has 0 spiro atoms. The number of aliphatic carboxylic acids is 1. The van der Waals surface area contributed by atoms with Crippen LogP contribution in [0.2, 0.25) is 0 Å². The summed E-state index contributed by atoms with van der Waals surface area (Å²) >= 11 is 0. The minimum Gasteiger partial charge on any atom is -0.478 e. The van der Waals surface area contributed by atoms with E-state index in [2.05, 4.69) is 5.32 Å². The van der Waals surface area contributed by atoms with Gasteiger partial charge in [-0.15, -0.1) is 0 Å². The van der Waals surface area contributed by atoms with Crippen LogP contribution in [0.1, 0.15) is 19.8 Å². The van der Waals surface area contributed by atoms with Crippen molar-refractivity contribution in [2.75, 3.05) is 13.2 Å². The Morgan fingerprint density at radius 2 is 2.31 bits per heavy atom. The number of nitrogens with one attached hydrogen (secondary N) is 1. The molecule has 1 unspecified atom stereocenters. The van der Waals surface area contributed by atoms with Gasteiger partial charge in [0.2, 0.25) is 0 Å². The van der Waals surface area contributed by atoms with Crippen LogP contribution >= 0.6 is 0 Å². The molecule has 0 saturated heterocycles. The molecule has 0 aliphatic heterocycles. The fourth-order valence-corrected chi connectivity index (χ4v) is 0.929. The van der Waals surface area contributed by atoms with E-state index >= 15 is 0 Å². The fraction of sp³-hybridized carbons (Fsp3) is 0.667. The normalized spacial score (nSPS) is 13.4. The topological polar surface area (TPSA) is 69.6 Å². The lowest BCUT2D eigenvalue weighted by Gasteiger charge is -2.10. The highest BCUT2D eigenvalue weighted by Crippen LogP contribution is 1.94. The van der Waals surface area contributed by atoms with Crippen LogP contribution in [0.25, 0.3) is 0 Å². The molecule has 0 heterocycles. The minimum absolute atomic E-state index is 0.205. The standard InChI is InChI=1S/C9H17NO3/c1-8(4-3-7-11)10-6-2-5-9(12)13/h2,5,8,10-11H,3-4,6-7H2,1H3,(H,12,13)/b5-2+. The second-order valence-corrected chi connectivity index (χ2v) is 2.92. The van der Waals surface area contributed by atoms with Crippen molar-refractivity contribution in [3.05, 3.63) is 12.2 Å². The molecule has 0 fully saturated rings. The first-order valence-corrected chi connectivity index (χ1v) is 4.40. The molecule has 0 bridgehead atoms. The number of aliphatic hydroxyl groups excluding tert-OH is 1. The van der Waals surface area contributed by atoms with Crippen molar-refractivity contribution in [1.29, 1.82) is 0 Å². The molecule has 0 aromatic carbocycles. The van der Waals surface area contributed by atoms with E-state index in [1.54, 1.807) is 6.08 Å². The summed E-state index contributed by atoms with van der Waals surface area (Å²) in [5, 5.41) is 19.9. The van der Waals surface area contributed by atoms with Crippen LogP contribution in [0, 0.1) is 0 Å². The van der Waals surface area contributed by atoms with Gasteiger partial charge in [-0.2, -0.15) is 0 Å². The van der Waals surface area contributed by atoms with Gasteiger partial charge in [-0.1, -0.05) is 6.08 Å². The van der Waals surface area contributed by atoms with Gasteiger partial charge < -0.3 is 15.5 Å². The van der Waals surface area contributed by atoms with Gasteiger partial charge in [-0.25, -0.2) is 4.79 Å². The third kappa shape index (κ3) is 9.04. The van der Waals surface area contributed by atoms with Crippen LogP contribution in [-0.2, 0) is 4.79 Å². The first-order valence-electron chi connectivity index (χ1n) is 4.40. The molecule has 13 heavy (non-hydrogen) atoms. The van der Waals surface area contributed by atoms with Gasteiger partial charge in [-0.05, 0) is 19.8 Å². The Bertz CT molecular complexity index is 168. The molecular formula is C9H17NO3. The van der Waals surface area contributed by atoms with Gasteiger partial charge >= 0.3 is 5.97 Å². The molecule has 3 N–H and O–H groups in total. The predicted molar refractivity (Wildman–Crippen MR) is 50.6 cm³/mol. The Morgan fingerprint density at radius 1 is 1.62 bits per heavy atom. The van der Waals surface area contributed by atoms with E-state index in [4.69, 9.17) is 10.2 Å². The second kappa shape index (κ2) is 7.76. The molecule has 0 radical (unpaired) electrons. The molecule has 0 aliphatic carbocycles. The first-order chi connectivity index (χ1) is 6.16. The maximum atomic E-state index is 10.1. The Labute approximate surface area is 78.3 Å². The number of carboxylic acids is 1. The summed E-state index contributed by atoms with van der Waals surface area (Å²) in [6.07, 6.45) is 4.36. The average Bonchev–Trinajstić information content (AvgIpc) is 2.08. The van der Waals surface area contributed by atoms with Crippen LogP contribution in [-0.4, -0.2) is 35.4 Å². The maximum absolute atomic E-state index is 10.1. The summed E-state index contributed by atoms with van der Waals surface area (Å²) in [6.45, 7) is 2.76. The van der Waals surface area contributed by atoms with Crippen LogP contribution in [0.5, 0.6) is 0 Å². The Morgan fingerprint density at radius 3 is 2.85 bits per heavy atom. The molecule has 0 aromatic rings. The lowest BCUT2D eigenvalue weighted by Crippen LogP contribution is -2.26. The summed E-state index contributed by atoms with van der Waals surface area (Å²) in [5.41, 5.74) is 0. The third-order valence-corrected chi connectivity index (χ3v) is 1.64. The molecule has 0 aromatic heterocycles. The number of hydrogen-bond donors (Lipinski definition) is 3. The number of carbonyl (C=O) groups is 1. The SMILES string of the molecule is CC(CCCO)NC/C=C/C(=O)O. The summed E-state index contributed by atoms with van der Waals surface area (Å²) in [5.74, 6) is -0.926. The van der Waals surface area contributed by atoms with Gasteiger partial charge in [0.25, 0.3) is 0 Å². The van der Waals surface area contributed by atoms with E-state index in [1.807, 2.05) is 6.92 Å². The Kier molecular flexibility index (Phi) is 7.24. The van der Waals surface area contributed by atoms with E-state index in [1.165, 1.54) is 0 Å². The monoisotopic (exact) mass is 187 g/mol. The van der Waals surface area contributed by atoms with Gasteiger partial charge in [0.1, 0.15) is 0 Å². The van der Waals surface area contributed by atoms with Crippen molar-refractivity contribution in [2.45, 2.75) is 25.8 Å². The lowest BCUT2D eigenvalue weighted by atomic mass is 10.2. The number of carboxylic acid groups (broad SMARTS) is 1. The van der Waals surface area contributed by atoms with Crippen LogP contribution < -0.4 is 5.32 Å². The minimum atomic E-state index is -0.926. The van der Waals surface area contributed by atoms with Crippen LogP contribution in [0.15, 0.2) is 12.2 Å². The van der Waals surface area contributed by atoms with E-state index in [-0.39, 0.29) is 6.61 Å². The zero-order valence-electron chi connectivity index (χ0n) is 7.86. The summed E-state index contributed by atoms with van der Waals surface area (Å²) in [6, 6.07) is 0.311. The molecular weight excluding hydrogens is 170 g/mol. The molecule has 0 aliphatic rings.